The first-order valence-corrected chi connectivity index (χ1v) is 5.82. The summed E-state index contributed by atoms with van der Waals surface area (Å²) in [5.41, 5.74) is 1.24. The minimum atomic E-state index is 0.247. The van der Waals surface area contributed by atoms with Gasteiger partial charge < -0.3 is 14.8 Å². The van der Waals surface area contributed by atoms with E-state index in [9.17, 15) is 0 Å². The zero-order valence-electron chi connectivity index (χ0n) is 10.1. The van der Waals surface area contributed by atoms with Crippen LogP contribution < -0.4 is 14.8 Å². The van der Waals surface area contributed by atoms with Crippen molar-refractivity contribution in [2.24, 2.45) is 0 Å². The molecule has 0 saturated heterocycles. The summed E-state index contributed by atoms with van der Waals surface area (Å²) in [6.45, 7) is 2.18. The van der Waals surface area contributed by atoms with Crippen molar-refractivity contribution in [2.45, 2.75) is 31.9 Å². The molecular formula is C13H19NO2. The standard InChI is InChI=1S/C13H19NO2/c1-4-5-11-13(14-2)10-7-6-9(15-3)8-12(10)16-11/h6-8,11,13-14H,4-5H2,1-3H3. The third kappa shape index (κ3) is 1.87. The minimum Gasteiger partial charge on any atom is -0.497 e. The molecule has 3 heteroatoms. The lowest BCUT2D eigenvalue weighted by Crippen LogP contribution is -2.28. The molecule has 0 fully saturated rings. The highest BCUT2D eigenvalue weighted by Gasteiger charge is 2.32. The van der Waals surface area contributed by atoms with Crippen LogP contribution in [0.3, 0.4) is 0 Å². The van der Waals surface area contributed by atoms with Gasteiger partial charge in [0, 0.05) is 11.6 Å². The van der Waals surface area contributed by atoms with E-state index >= 15 is 0 Å². The van der Waals surface area contributed by atoms with Crippen LogP contribution in [0.15, 0.2) is 18.2 Å². The summed E-state index contributed by atoms with van der Waals surface area (Å²) >= 11 is 0. The fourth-order valence-electron chi connectivity index (χ4n) is 2.28. The Morgan fingerprint density at radius 3 is 2.88 bits per heavy atom. The highest BCUT2D eigenvalue weighted by molar-refractivity contribution is 5.45. The molecule has 2 unspecified atom stereocenters. The lowest BCUT2D eigenvalue weighted by atomic mass is 10.0. The molecule has 1 N–H and O–H groups in total. The van der Waals surface area contributed by atoms with Gasteiger partial charge in [-0.15, -0.1) is 0 Å². The average molecular weight is 221 g/mol. The molecule has 0 aliphatic carbocycles. The molecule has 16 heavy (non-hydrogen) atoms. The molecule has 0 radical (unpaired) electrons. The van der Waals surface area contributed by atoms with Crippen LogP contribution in [-0.2, 0) is 0 Å². The molecule has 2 atom stereocenters. The molecule has 1 aliphatic heterocycles. The summed E-state index contributed by atoms with van der Waals surface area (Å²) in [4.78, 5) is 0. The van der Waals surface area contributed by atoms with E-state index in [4.69, 9.17) is 9.47 Å². The first-order chi connectivity index (χ1) is 7.80. The van der Waals surface area contributed by atoms with Gasteiger partial charge >= 0.3 is 0 Å². The highest BCUT2D eigenvalue weighted by Crippen LogP contribution is 2.40. The summed E-state index contributed by atoms with van der Waals surface area (Å²) in [6, 6.07) is 6.35. The Bertz CT molecular complexity index is 365. The van der Waals surface area contributed by atoms with E-state index in [1.807, 2.05) is 19.2 Å². The van der Waals surface area contributed by atoms with Crippen LogP contribution in [0.5, 0.6) is 11.5 Å². The Balaban J connectivity index is 2.27. The van der Waals surface area contributed by atoms with Gasteiger partial charge in [-0.25, -0.2) is 0 Å². The molecule has 0 amide bonds. The van der Waals surface area contributed by atoms with Gasteiger partial charge in [0.25, 0.3) is 0 Å². The van der Waals surface area contributed by atoms with E-state index in [0.29, 0.717) is 6.04 Å². The van der Waals surface area contributed by atoms with Gasteiger partial charge in [-0.3, -0.25) is 0 Å². The average Bonchev–Trinajstić information content (AvgIpc) is 2.65. The van der Waals surface area contributed by atoms with E-state index in [2.05, 4.69) is 18.3 Å². The Kier molecular flexibility index (Phi) is 3.34. The first kappa shape index (κ1) is 11.3. The summed E-state index contributed by atoms with van der Waals surface area (Å²) < 4.78 is 11.2. The van der Waals surface area contributed by atoms with Crippen LogP contribution in [0.4, 0.5) is 0 Å². The molecule has 0 bridgehead atoms. The summed E-state index contributed by atoms with van der Waals surface area (Å²) in [5, 5.41) is 3.33. The Morgan fingerprint density at radius 1 is 1.44 bits per heavy atom. The molecule has 0 saturated carbocycles. The van der Waals surface area contributed by atoms with Gasteiger partial charge in [0.1, 0.15) is 17.6 Å². The maximum absolute atomic E-state index is 5.95. The van der Waals surface area contributed by atoms with Gasteiger partial charge in [-0.05, 0) is 25.6 Å². The molecule has 0 spiro atoms. The fourth-order valence-corrected chi connectivity index (χ4v) is 2.28. The topological polar surface area (TPSA) is 30.5 Å². The SMILES string of the molecule is CCCC1Oc2cc(OC)ccc2C1NC. The second-order valence-corrected chi connectivity index (χ2v) is 4.12. The van der Waals surface area contributed by atoms with Crippen molar-refractivity contribution in [2.75, 3.05) is 14.2 Å². The van der Waals surface area contributed by atoms with Crippen molar-refractivity contribution in [1.82, 2.24) is 5.32 Å². The molecule has 0 aromatic heterocycles. The zero-order valence-corrected chi connectivity index (χ0v) is 10.1. The highest BCUT2D eigenvalue weighted by atomic mass is 16.5. The van der Waals surface area contributed by atoms with Crippen LogP contribution in [0.1, 0.15) is 31.4 Å². The van der Waals surface area contributed by atoms with E-state index < -0.39 is 0 Å². The monoisotopic (exact) mass is 221 g/mol. The number of likely N-dealkylation sites (N-methyl/N-ethyl adjacent to an activating group) is 1. The third-order valence-electron chi connectivity index (χ3n) is 3.09. The van der Waals surface area contributed by atoms with Crippen LogP contribution >= 0.6 is 0 Å². The van der Waals surface area contributed by atoms with Gasteiger partial charge in [0.15, 0.2) is 0 Å². The van der Waals surface area contributed by atoms with Crippen LogP contribution in [-0.4, -0.2) is 20.3 Å². The quantitative estimate of drug-likeness (QED) is 0.847. The molecule has 2 rings (SSSR count). The number of benzene rings is 1. The molecule has 88 valence electrons. The van der Waals surface area contributed by atoms with Crippen molar-refractivity contribution in [3.8, 4) is 11.5 Å². The molecule has 1 aliphatic rings. The number of methoxy groups -OCH3 is 1. The van der Waals surface area contributed by atoms with E-state index in [1.165, 1.54) is 5.56 Å². The second-order valence-electron chi connectivity index (χ2n) is 4.12. The molecule has 1 heterocycles. The second kappa shape index (κ2) is 4.74. The number of rotatable bonds is 4. The van der Waals surface area contributed by atoms with Crippen LogP contribution in [0, 0.1) is 0 Å². The summed E-state index contributed by atoms with van der Waals surface area (Å²) in [7, 11) is 3.66. The lowest BCUT2D eigenvalue weighted by Gasteiger charge is -2.17. The summed E-state index contributed by atoms with van der Waals surface area (Å²) in [5.74, 6) is 1.81. The third-order valence-corrected chi connectivity index (χ3v) is 3.09. The number of nitrogens with one attached hydrogen (secondary N) is 1. The maximum atomic E-state index is 5.95. The van der Waals surface area contributed by atoms with Gasteiger partial charge in [-0.1, -0.05) is 13.3 Å². The van der Waals surface area contributed by atoms with Crippen molar-refractivity contribution < 1.29 is 9.47 Å². The zero-order chi connectivity index (χ0) is 11.5. The normalized spacial score (nSPS) is 22.7. The Hall–Kier alpha value is -1.22. The predicted octanol–water partition coefficient (Wildman–Crippen LogP) is 2.52. The Morgan fingerprint density at radius 2 is 2.25 bits per heavy atom. The molecular weight excluding hydrogens is 202 g/mol. The van der Waals surface area contributed by atoms with Gasteiger partial charge in [-0.2, -0.15) is 0 Å². The smallest absolute Gasteiger partial charge is 0.128 e. The number of hydrogen-bond donors (Lipinski definition) is 1. The number of ether oxygens (including phenoxy) is 2. The number of fused-ring (bicyclic) bond motifs is 1. The van der Waals surface area contributed by atoms with Crippen molar-refractivity contribution in [3.05, 3.63) is 23.8 Å². The van der Waals surface area contributed by atoms with Crippen molar-refractivity contribution in [1.29, 1.82) is 0 Å². The predicted molar refractivity (Wildman–Crippen MR) is 64.1 cm³/mol. The molecule has 1 aromatic rings. The lowest BCUT2D eigenvalue weighted by molar-refractivity contribution is 0.182. The number of hydrogen-bond acceptors (Lipinski definition) is 3. The summed E-state index contributed by atoms with van der Waals surface area (Å²) in [6.07, 6.45) is 2.45. The van der Waals surface area contributed by atoms with E-state index in [0.717, 1.165) is 24.3 Å². The first-order valence-electron chi connectivity index (χ1n) is 5.82. The molecule has 3 nitrogen and oxygen atoms in total. The maximum Gasteiger partial charge on any atom is 0.128 e. The van der Waals surface area contributed by atoms with Gasteiger partial charge in [0.05, 0.1) is 13.2 Å². The van der Waals surface area contributed by atoms with Crippen molar-refractivity contribution >= 4 is 0 Å². The van der Waals surface area contributed by atoms with Gasteiger partial charge in [0.2, 0.25) is 0 Å². The Labute approximate surface area is 96.8 Å². The van der Waals surface area contributed by atoms with Crippen molar-refractivity contribution in [3.63, 3.8) is 0 Å². The van der Waals surface area contributed by atoms with E-state index in [-0.39, 0.29) is 6.10 Å². The van der Waals surface area contributed by atoms with Crippen LogP contribution in [0.25, 0.3) is 0 Å². The molecule has 1 aromatic carbocycles. The minimum absolute atomic E-state index is 0.247. The van der Waals surface area contributed by atoms with Crippen LogP contribution in [0.2, 0.25) is 0 Å². The largest absolute Gasteiger partial charge is 0.497 e. The van der Waals surface area contributed by atoms with E-state index in [1.54, 1.807) is 7.11 Å². The fraction of sp³-hybridized carbons (Fsp3) is 0.538.